The number of hydrogen-bond acceptors (Lipinski definition) is 7. The molecule has 3 heterocycles. The van der Waals surface area contributed by atoms with Crippen LogP contribution in [0.3, 0.4) is 0 Å². The van der Waals surface area contributed by atoms with Crippen LogP contribution in [-0.2, 0) is 20.9 Å². The number of nitrogens with zero attached hydrogens (tertiary/aromatic N) is 5. The quantitative estimate of drug-likeness (QED) is 0.232. The van der Waals surface area contributed by atoms with Crippen LogP contribution in [0, 0.1) is 0 Å². The third kappa shape index (κ3) is 3.58. The van der Waals surface area contributed by atoms with Crippen molar-refractivity contribution in [2.45, 2.75) is 18.0 Å². The van der Waals surface area contributed by atoms with E-state index in [9.17, 15) is 9.59 Å². The lowest BCUT2D eigenvalue weighted by atomic mass is 10.00. The second-order valence-corrected chi connectivity index (χ2v) is 7.65. The zero-order chi connectivity index (χ0) is 21.1. The standard InChI is InChI=1S/C20H17N5O4S/c1-28-14-4-2-12(3-5-14)10-29-20(27)17-15(13-6-8-22-9-7-13)11-30-19-16(23-24-21)18(26)25(17)19/h2-9,16,19H,10-11H2,1H3/t16-,19+/m0/s1. The molecule has 2 aliphatic rings. The van der Waals surface area contributed by atoms with E-state index in [1.165, 1.54) is 16.7 Å². The lowest BCUT2D eigenvalue weighted by Gasteiger charge is -2.48. The van der Waals surface area contributed by atoms with Gasteiger partial charge in [0.1, 0.15) is 29.5 Å². The Morgan fingerprint density at radius 3 is 2.70 bits per heavy atom. The van der Waals surface area contributed by atoms with E-state index >= 15 is 0 Å². The zero-order valence-electron chi connectivity index (χ0n) is 16.0. The monoisotopic (exact) mass is 423 g/mol. The summed E-state index contributed by atoms with van der Waals surface area (Å²) in [6.45, 7) is 0.0512. The first-order valence-electron chi connectivity index (χ1n) is 9.06. The first-order valence-corrected chi connectivity index (χ1v) is 10.1. The van der Waals surface area contributed by atoms with Gasteiger partial charge >= 0.3 is 5.97 Å². The number of azide groups is 1. The second kappa shape index (κ2) is 8.48. The zero-order valence-corrected chi connectivity index (χ0v) is 16.8. The van der Waals surface area contributed by atoms with Crippen molar-refractivity contribution in [2.75, 3.05) is 12.9 Å². The van der Waals surface area contributed by atoms with Crippen molar-refractivity contribution in [1.82, 2.24) is 9.88 Å². The molecular formula is C20H17N5O4S. The number of carbonyl (C=O) groups is 2. The Bertz CT molecular complexity index is 1050. The molecule has 0 unspecified atom stereocenters. The van der Waals surface area contributed by atoms with Crippen molar-refractivity contribution in [2.24, 2.45) is 5.11 Å². The van der Waals surface area contributed by atoms with Crippen molar-refractivity contribution in [3.05, 3.63) is 76.1 Å². The van der Waals surface area contributed by atoms with Crippen LogP contribution < -0.4 is 4.74 Å². The van der Waals surface area contributed by atoms with Gasteiger partial charge in [0.15, 0.2) is 0 Å². The predicted octanol–water partition coefficient (Wildman–Crippen LogP) is 3.14. The number of fused-ring (bicyclic) bond motifs is 1. The molecule has 0 radical (unpaired) electrons. The predicted molar refractivity (Wildman–Crippen MR) is 110 cm³/mol. The van der Waals surface area contributed by atoms with Gasteiger partial charge in [0, 0.05) is 28.6 Å². The van der Waals surface area contributed by atoms with Crippen LogP contribution in [0.25, 0.3) is 16.0 Å². The summed E-state index contributed by atoms with van der Waals surface area (Å²) in [5, 5.41) is 3.15. The van der Waals surface area contributed by atoms with Crippen molar-refractivity contribution in [3.63, 3.8) is 0 Å². The molecule has 0 saturated carbocycles. The van der Waals surface area contributed by atoms with E-state index in [0.29, 0.717) is 17.1 Å². The topological polar surface area (TPSA) is 117 Å². The highest BCUT2D eigenvalue weighted by Crippen LogP contribution is 2.44. The fraction of sp³-hybridized carbons (Fsp3) is 0.250. The third-order valence-corrected chi connectivity index (χ3v) is 6.13. The lowest BCUT2D eigenvalue weighted by Crippen LogP contribution is -2.63. The molecule has 1 fully saturated rings. The SMILES string of the molecule is COc1ccc(COC(=O)C2=C(c3ccncc3)CS[C@@H]3[C@@H](N=[N+]=[N-])C(=O)N23)cc1. The number of aromatic nitrogens is 1. The number of hydrogen-bond donors (Lipinski definition) is 0. The third-order valence-electron chi connectivity index (χ3n) is 4.87. The van der Waals surface area contributed by atoms with Crippen LogP contribution >= 0.6 is 11.8 Å². The molecule has 0 spiro atoms. The first kappa shape index (κ1) is 19.8. The Kier molecular flexibility index (Phi) is 5.60. The van der Waals surface area contributed by atoms with E-state index in [-0.39, 0.29) is 12.3 Å². The molecule has 2 atom stereocenters. The number of amides is 1. The van der Waals surface area contributed by atoms with Gasteiger partial charge in [0.25, 0.3) is 0 Å². The summed E-state index contributed by atoms with van der Waals surface area (Å²) >= 11 is 1.45. The van der Waals surface area contributed by atoms with Crippen LogP contribution in [0.5, 0.6) is 5.75 Å². The molecule has 1 aromatic carbocycles. The Hall–Kier alpha value is -3.49. The van der Waals surface area contributed by atoms with E-state index in [1.54, 1.807) is 55.9 Å². The molecular weight excluding hydrogens is 406 g/mol. The maximum Gasteiger partial charge on any atom is 0.355 e. The Balaban J connectivity index is 1.62. The Labute approximate surface area is 176 Å². The van der Waals surface area contributed by atoms with Crippen molar-refractivity contribution in [1.29, 1.82) is 0 Å². The number of carbonyl (C=O) groups excluding carboxylic acids is 2. The highest BCUT2D eigenvalue weighted by Gasteiger charge is 2.53. The minimum Gasteiger partial charge on any atom is -0.497 e. The maximum absolute atomic E-state index is 13.1. The summed E-state index contributed by atoms with van der Waals surface area (Å²) < 4.78 is 10.7. The highest BCUT2D eigenvalue weighted by atomic mass is 32.2. The molecule has 0 aliphatic carbocycles. The van der Waals surface area contributed by atoms with Crippen molar-refractivity contribution in [3.8, 4) is 5.75 Å². The summed E-state index contributed by atoms with van der Waals surface area (Å²) in [6, 6.07) is 9.91. The summed E-state index contributed by atoms with van der Waals surface area (Å²) in [4.78, 5) is 33.8. The first-order chi connectivity index (χ1) is 14.6. The number of methoxy groups -OCH3 is 1. The van der Waals surface area contributed by atoms with Crippen LogP contribution in [-0.4, -0.2) is 46.0 Å². The van der Waals surface area contributed by atoms with Gasteiger partial charge in [-0.25, -0.2) is 4.79 Å². The van der Waals surface area contributed by atoms with E-state index in [1.807, 2.05) is 0 Å². The van der Waals surface area contributed by atoms with Gasteiger partial charge in [0.2, 0.25) is 5.91 Å². The Morgan fingerprint density at radius 2 is 2.03 bits per heavy atom. The maximum atomic E-state index is 13.1. The average Bonchev–Trinajstić information content (AvgIpc) is 2.80. The molecule has 0 bridgehead atoms. The van der Waals surface area contributed by atoms with Gasteiger partial charge in [-0.2, -0.15) is 0 Å². The van der Waals surface area contributed by atoms with Gasteiger partial charge < -0.3 is 9.47 Å². The molecule has 152 valence electrons. The van der Waals surface area contributed by atoms with Gasteiger partial charge in [-0.15, -0.1) is 11.8 Å². The second-order valence-electron chi connectivity index (χ2n) is 6.55. The number of ether oxygens (including phenoxy) is 2. The fourth-order valence-electron chi connectivity index (χ4n) is 3.33. The van der Waals surface area contributed by atoms with Gasteiger partial charge in [0.05, 0.1) is 7.11 Å². The van der Waals surface area contributed by atoms with Gasteiger partial charge in [-0.3, -0.25) is 14.7 Å². The summed E-state index contributed by atoms with van der Waals surface area (Å²) in [5.74, 6) is 0.168. The number of rotatable bonds is 6. The molecule has 1 amide bonds. The smallest absolute Gasteiger partial charge is 0.355 e. The molecule has 30 heavy (non-hydrogen) atoms. The van der Waals surface area contributed by atoms with Crippen LogP contribution in [0.1, 0.15) is 11.1 Å². The molecule has 0 N–H and O–H groups in total. The molecule has 1 saturated heterocycles. The van der Waals surface area contributed by atoms with Crippen LogP contribution in [0.15, 0.2) is 59.6 Å². The lowest BCUT2D eigenvalue weighted by molar-refractivity contribution is -0.151. The molecule has 10 heteroatoms. The van der Waals surface area contributed by atoms with Crippen LogP contribution in [0.4, 0.5) is 0 Å². The van der Waals surface area contributed by atoms with Crippen LogP contribution in [0.2, 0.25) is 0 Å². The van der Waals surface area contributed by atoms with Gasteiger partial charge in [-0.1, -0.05) is 17.2 Å². The normalized spacial score (nSPS) is 20.0. The summed E-state index contributed by atoms with van der Waals surface area (Å²) in [5.41, 5.74) is 11.2. The number of benzene rings is 1. The summed E-state index contributed by atoms with van der Waals surface area (Å²) in [7, 11) is 1.58. The molecule has 2 aliphatic heterocycles. The average molecular weight is 423 g/mol. The fourth-order valence-corrected chi connectivity index (χ4v) is 4.68. The number of esters is 1. The Morgan fingerprint density at radius 1 is 1.30 bits per heavy atom. The van der Waals surface area contributed by atoms with Gasteiger partial charge in [-0.05, 0) is 40.9 Å². The minimum absolute atomic E-state index is 0.0512. The number of thioether (sulfide) groups is 1. The van der Waals surface area contributed by atoms with E-state index < -0.39 is 23.3 Å². The van der Waals surface area contributed by atoms with Crippen molar-refractivity contribution < 1.29 is 19.1 Å². The van der Waals surface area contributed by atoms with E-state index in [4.69, 9.17) is 15.0 Å². The van der Waals surface area contributed by atoms with Crippen molar-refractivity contribution >= 4 is 29.2 Å². The highest BCUT2D eigenvalue weighted by molar-refractivity contribution is 8.00. The van der Waals surface area contributed by atoms with E-state index in [2.05, 4.69) is 15.0 Å². The molecule has 2 aromatic rings. The number of pyridine rings is 1. The molecule has 4 rings (SSSR count). The van der Waals surface area contributed by atoms with E-state index in [0.717, 1.165) is 11.1 Å². The number of β-lactam (4-membered cyclic amide) rings is 1. The summed E-state index contributed by atoms with van der Waals surface area (Å²) in [6.07, 6.45) is 3.25. The molecule has 1 aromatic heterocycles. The minimum atomic E-state index is -0.816. The molecule has 9 nitrogen and oxygen atoms in total. The largest absolute Gasteiger partial charge is 0.497 e.